The van der Waals surface area contributed by atoms with E-state index in [-0.39, 0.29) is 17.1 Å². The van der Waals surface area contributed by atoms with Gasteiger partial charge in [-0.1, -0.05) is 20.8 Å². The van der Waals surface area contributed by atoms with Crippen molar-refractivity contribution >= 4 is 5.82 Å². The Morgan fingerprint density at radius 3 is 2.57 bits per heavy atom. The Morgan fingerprint density at radius 1 is 1.38 bits per heavy atom. The van der Waals surface area contributed by atoms with Crippen LogP contribution < -0.4 is 10.6 Å². The molecule has 1 aromatic heterocycles. The van der Waals surface area contributed by atoms with Crippen molar-refractivity contribution in [3.63, 3.8) is 0 Å². The smallest absolute Gasteiger partial charge is 0.129 e. The molecular weight excluding hydrogens is 262 g/mol. The van der Waals surface area contributed by atoms with Crippen LogP contribution in [0.4, 0.5) is 5.82 Å². The Labute approximate surface area is 128 Å². The molecule has 0 bridgehead atoms. The van der Waals surface area contributed by atoms with Gasteiger partial charge in [-0.05, 0) is 38.5 Å². The highest BCUT2D eigenvalue weighted by molar-refractivity contribution is 5.45. The molecule has 2 rings (SSSR count). The largest absolute Gasteiger partial charge is 0.369 e. The standard InChI is InChI=1S/C17H29N3O/c1-12-10-20(11-17(5,6)21-12)15-8-13(9-18)7-14(19-15)16(2,3)4/h7-8,12H,9-11,18H2,1-6H3. The topological polar surface area (TPSA) is 51.4 Å². The van der Waals surface area contributed by atoms with E-state index in [1.807, 2.05) is 0 Å². The van der Waals surface area contributed by atoms with E-state index in [9.17, 15) is 0 Å². The second kappa shape index (κ2) is 5.58. The number of rotatable bonds is 2. The third-order valence-electron chi connectivity index (χ3n) is 3.77. The highest BCUT2D eigenvalue weighted by Crippen LogP contribution is 2.28. The maximum atomic E-state index is 5.99. The summed E-state index contributed by atoms with van der Waals surface area (Å²) in [6.07, 6.45) is 0.204. The minimum absolute atomic E-state index is 0.0212. The van der Waals surface area contributed by atoms with E-state index in [0.29, 0.717) is 6.54 Å². The zero-order valence-electron chi connectivity index (χ0n) is 14.2. The zero-order chi connectivity index (χ0) is 15.8. The molecule has 118 valence electrons. The van der Waals surface area contributed by atoms with E-state index < -0.39 is 0 Å². The number of hydrogen-bond donors (Lipinski definition) is 1. The van der Waals surface area contributed by atoms with Crippen LogP contribution in [0.3, 0.4) is 0 Å². The summed E-state index contributed by atoms with van der Waals surface area (Å²) >= 11 is 0. The first-order chi connectivity index (χ1) is 9.60. The van der Waals surface area contributed by atoms with Crippen LogP contribution in [0.15, 0.2) is 12.1 Å². The monoisotopic (exact) mass is 291 g/mol. The van der Waals surface area contributed by atoms with Crippen molar-refractivity contribution in [2.24, 2.45) is 5.73 Å². The van der Waals surface area contributed by atoms with Crippen molar-refractivity contribution in [3.8, 4) is 0 Å². The normalized spacial score (nSPS) is 22.4. The lowest BCUT2D eigenvalue weighted by Crippen LogP contribution is -2.52. The van der Waals surface area contributed by atoms with Gasteiger partial charge in [-0.25, -0.2) is 4.98 Å². The Balaban J connectivity index is 2.38. The number of nitrogens with two attached hydrogens (primary N) is 1. The molecule has 0 aliphatic carbocycles. The lowest BCUT2D eigenvalue weighted by molar-refractivity contribution is -0.0751. The van der Waals surface area contributed by atoms with Crippen LogP contribution in [0.2, 0.25) is 0 Å². The number of ether oxygens (including phenoxy) is 1. The molecule has 1 aliphatic rings. The lowest BCUT2D eigenvalue weighted by atomic mass is 9.90. The minimum Gasteiger partial charge on any atom is -0.369 e. The second-order valence-electron chi connectivity index (χ2n) is 7.74. The van der Waals surface area contributed by atoms with E-state index in [2.05, 4.69) is 58.6 Å². The molecule has 1 aliphatic heterocycles. The van der Waals surface area contributed by atoms with Gasteiger partial charge in [0.25, 0.3) is 0 Å². The molecule has 0 aromatic carbocycles. The first-order valence-electron chi connectivity index (χ1n) is 7.75. The minimum atomic E-state index is -0.153. The van der Waals surface area contributed by atoms with Crippen LogP contribution in [0, 0.1) is 0 Å². The molecule has 1 fully saturated rings. The molecule has 0 amide bonds. The van der Waals surface area contributed by atoms with Gasteiger partial charge in [0.15, 0.2) is 0 Å². The maximum absolute atomic E-state index is 5.99. The summed E-state index contributed by atoms with van der Waals surface area (Å²) in [5.74, 6) is 1.02. The molecule has 4 heteroatoms. The van der Waals surface area contributed by atoms with Crippen molar-refractivity contribution in [2.45, 2.75) is 65.2 Å². The van der Waals surface area contributed by atoms with Gasteiger partial charge in [-0.15, -0.1) is 0 Å². The Kier molecular flexibility index (Phi) is 4.31. The Hall–Kier alpha value is -1.13. The number of aromatic nitrogens is 1. The Morgan fingerprint density at radius 2 is 2.05 bits per heavy atom. The number of pyridine rings is 1. The fourth-order valence-electron chi connectivity index (χ4n) is 2.86. The Bertz CT molecular complexity index is 505. The van der Waals surface area contributed by atoms with E-state index in [4.69, 9.17) is 15.5 Å². The van der Waals surface area contributed by atoms with Crippen LogP contribution in [-0.4, -0.2) is 29.8 Å². The van der Waals surface area contributed by atoms with Crippen LogP contribution in [0.5, 0.6) is 0 Å². The van der Waals surface area contributed by atoms with E-state index in [1.165, 1.54) is 0 Å². The van der Waals surface area contributed by atoms with Gasteiger partial charge in [-0.3, -0.25) is 0 Å². The van der Waals surface area contributed by atoms with Crippen molar-refractivity contribution in [1.82, 2.24) is 4.98 Å². The summed E-state index contributed by atoms with van der Waals surface area (Å²) in [6.45, 7) is 15.2. The first-order valence-corrected chi connectivity index (χ1v) is 7.75. The number of anilines is 1. The number of hydrogen-bond acceptors (Lipinski definition) is 4. The fraction of sp³-hybridized carbons (Fsp3) is 0.706. The van der Waals surface area contributed by atoms with Crippen LogP contribution in [0.25, 0.3) is 0 Å². The molecule has 1 saturated heterocycles. The van der Waals surface area contributed by atoms with Gasteiger partial charge in [0.1, 0.15) is 5.82 Å². The molecular formula is C17H29N3O. The third kappa shape index (κ3) is 3.95. The summed E-state index contributed by atoms with van der Waals surface area (Å²) in [4.78, 5) is 7.21. The summed E-state index contributed by atoms with van der Waals surface area (Å²) in [6, 6.07) is 4.24. The highest BCUT2D eigenvalue weighted by atomic mass is 16.5. The SMILES string of the molecule is CC1CN(c2cc(CN)cc(C(C)(C)C)n2)CC(C)(C)O1. The van der Waals surface area contributed by atoms with Gasteiger partial charge in [0.2, 0.25) is 0 Å². The molecule has 1 atom stereocenters. The predicted octanol–water partition coefficient (Wildman–Crippen LogP) is 2.84. The van der Waals surface area contributed by atoms with Crippen molar-refractivity contribution < 1.29 is 4.74 Å². The van der Waals surface area contributed by atoms with E-state index >= 15 is 0 Å². The maximum Gasteiger partial charge on any atom is 0.129 e. The quantitative estimate of drug-likeness (QED) is 0.910. The van der Waals surface area contributed by atoms with Gasteiger partial charge >= 0.3 is 0 Å². The highest BCUT2D eigenvalue weighted by Gasteiger charge is 2.32. The average Bonchev–Trinajstić information content (AvgIpc) is 2.34. The van der Waals surface area contributed by atoms with Gasteiger partial charge < -0.3 is 15.4 Å². The molecule has 0 saturated carbocycles. The second-order valence-corrected chi connectivity index (χ2v) is 7.74. The van der Waals surface area contributed by atoms with E-state index in [0.717, 1.165) is 30.2 Å². The summed E-state index contributed by atoms with van der Waals surface area (Å²) in [5, 5.41) is 0. The van der Waals surface area contributed by atoms with Crippen molar-refractivity contribution in [3.05, 3.63) is 23.4 Å². The summed E-state index contributed by atoms with van der Waals surface area (Å²) in [7, 11) is 0. The fourth-order valence-corrected chi connectivity index (χ4v) is 2.86. The molecule has 21 heavy (non-hydrogen) atoms. The van der Waals surface area contributed by atoms with Crippen LogP contribution in [-0.2, 0) is 16.7 Å². The lowest BCUT2D eigenvalue weighted by Gasteiger charge is -2.42. The third-order valence-corrected chi connectivity index (χ3v) is 3.77. The molecule has 1 unspecified atom stereocenters. The molecule has 1 aromatic rings. The molecule has 4 nitrogen and oxygen atoms in total. The van der Waals surface area contributed by atoms with Gasteiger partial charge in [0, 0.05) is 30.7 Å². The molecule has 0 radical (unpaired) electrons. The molecule has 2 heterocycles. The number of morpholine rings is 1. The van der Waals surface area contributed by atoms with Gasteiger partial charge in [-0.2, -0.15) is 0 Å². The van der Waals surface area contributed by atoms with Gasteiger partial charge in [0.05, 0.1) is 11.7 Å². The summed E-state index contributed by atoms with van der Waals surface area (Å²) < 4.78 is 5.99. The first kappa shape index (κ1) is 16.2. The van der Waals surface area contributed by atoms with E-state index in [1.54, 1.807) is 0 Å². The van der Waals surface area contributed by atoms with Crippen LogP contribution in [0.1, 0.15) is 52.8 Å². The summed E-state index contributed by atoms with van der Waals surface area (Å²) in [5.41, 5.74) is 7.97. The van der Waals surface area contributed by atoms with Crippen molar-refractivity contribution in [1.29, 1.82) is 0 Å². The van der Waals surface area contributed by atoms with Crippen molar-refractivity contribution in [2.75, 3.05) is 18.0 Å². The molecule has 2 N–H and O–H groups in total. The zero-order valence-corrected chi connectivity index (χ0v) is 14.2. The average molecular weight is 291 g/mol. The molecule has 0 spiro atoms. The van der Waals surface area contributed by atoms with Crippen LogP contribution >= 0.6 is 0 Å². The predicted molar refractivity (Wildman–Crippen MR) is 87.7 cm³/mol. The number of nitrogens with zero attached hydrogens (tertiary/aromatic N) is 2.